The maximum absolute atomic E-state index is 13.0. The van der Waals surface area contributed by atoms with E-state index in [0.717, 1.165) is 11.3 Å². The second kappa shape index (κ2) is 9.23. The van der Waals surface area contributed by atoms with Gasteiger partial charge in [-0.2, -0.15) is 5.01 Å². The van der Waals surface area contributed by atoms with Crippen molar-refractivity contribution in [3.05, 3.63) is 71.9 Å². The number of aliphatic imine (C=N–C) groups is 1. The lowest BCUT2D eigenvalue weighted by atomic mass is 10.2. The second-order valence-corrected chi connectivity index (χ2v) is 7.27. The maximum atomic E-state index is 13.0. The lowest BCUT2D eigenvalue weighted by Gasteiger charge is -2.21. The first-order valence-electron chi connectivity index (χ1n) is 8.93. The third-order valence-corrected chi connectivity index (χ3v) is 4.88. The maximum Gasteiger partial charge on any atom is 0.319 e. The van der Waals surface area contributed by atoms with Crippen molar-refractivity contribution in [1.82, 2.24) is 5.01 Å². The molecule has 1 atom stereocenters. The third kappa shape index (κ3) is 4.80. The molecule has 0 aliphatic carbocycles. The van der Waals surface area contributed by atoms with Gasteiger partial charge in [-0.25, -0.2) is 4.99 Å². The van der Waals surface area contributed by atoms with Gasteiger partial charge in [0, 0.05) is 0 Å². The number of amides is 1. The summed E-state index contributed by atoms with van der Waals surface area (Å²) in [4.78, 5) is 29.4. The Hall–Kier alpha value is -3.06. The number of hydrazine groups is 1. The van der Waals surface area contributed by atoms with Crippen LogP contribution >= 0.6 is 11.8 Å². The lowest BCUT2D eigenvalue weighted by molar-refractivity contribution is -0.142. The van der Waals surface area contributed by atoms with Crippen LogP contribution in [0, 0.1) is 0 Å². The Morgan fingerprint density at radius 2 is 1.82 bits per heavy atom. The minimum Gasteiger partial charge on any atom is -0.465 e. The van der Waals surface area contributed by atoms with E-state index in [-0.39, 0.29) is 11.9 Å². The van der Waals surface area contributed by atoms with E-state index in [1.807, 2.05) is 60.7 Å². The van der Waals surface area contributed by atoms with Crippen LogP contribution in [0.2, 0.25) is 0 Å². The van der Waals surface area contributed by atoms with E-state index in [4.69, 9.17) is 4.74 Å². The average molecular weight is 395 g/mol. The molecule has 2 aromatic rings. The number of amidine groups is 1. The number of ether oxygens (including phenoxy) is 1. The highest BCUT2D eigenvalue weighted by Crippen LogP contribution is 2.27. The number of hydrogen-bond acceptors (Lipinski definition) is 6. The molecule has 0 fully saturated rings. The van der Waals surface area contributed by atoms with Crippen molar-refractivity contribution in [1.29, 1.82) is 0 Å². The predicted molar refractivity (Wildman–Crippen MR) is 112 cm³/mol. The molecular weight excluding hydrogens is 374 g/mol. The van der Waals surface area contributed by atoms with Gasteiger partial charge in [0.25, 0.3) is 5.91 Å². The summed E-state index contributed by atoms with van der Waals surface area (Å²) in [6, 6.07) is 18.8. The number of thioether (sulfide) groups is 1. The van der Waals surface area contributed by atoms with Crippen molar-refractivity contribution < 1.29 is 14.3 Å². The number of benzene rings is 2. The van der Waals surface area contributed by atoms with Gasteiger partial charge in [-0.05, 0) is 37.6 Å². The molecular formula is C21H21N3O3S. The summed E-state index contributed by atoms with van der Waals surface area (Å²) >= 11 is 1.18. The van der Waals surface area contributed by atoms with E-state index in [2.05, 4.69) is 10.4 Å². The Morgan fingerprint density at radius 3 is 2.46 bits per heavy atom. The monoisotopic (exact) mass is 395 g/mol. The SMILES string of the molecule is CCOC(=O)C(C)SC1=N/C(=C\c2ccccc2)C(=O)N1Nc1ccccc1. The number of carbonyl (C=O) groups is 2. The number of nitrogens with zero attached hydrogens (tertiary/aromatic N) is 2. The zero-order valence-corrected chi connectivity index (χ0v) is 16.5. The van der Waals surface area contributed by atoms with Crippen LogP contribution in [0.25, 0.3) is 6.08 Å². The van der Waals surface area contributed by atoms with E-state index in [1.165, 1.54) is 16.8 Å². The molecule has 2 aromatic carbocycles. The number of esters is 1. The van der Waals surface area contributed by atoms with Crippen molar-refractivity contribution in [2.45, 2.75) is 19.1 Å². The molecule has 0 aromatic heterocycles. The average Bonchev–Trinajstić information content (AvgIpc) is 2.98. The van der Waals surface area contributed by atoms with Crippen LogP contribution < -0.4 is 5.43 Å². The van der Waals surface area contributed by atoms with Crippen molar-refractivity contribution in [2.24, 2.45) is 4.99 Å². The third-order valence-electron chi connectivity index (χ3n) is 3.85. The van der Waals surface area contributed by atoms with Gasteiger partial charge < -0.3 is 4.74 Å². The number of nitrogens with one attached hydrogen (secondary N) is 1. The first-order valence-corrected chi connectivity index (χ1v) is 9.81. The number of carbonyl (C=O) groups excluding carboxylic acids is 2. The van der Waals surface area contributed by atoms with Gasteiger partial charge in [0.2, 0.25) is 0 Å². The number of hydrogen-bond donors (Lipinski definition) is 1. The topological polar surface area (TPSA) is 71.0 Å². The molecule has 1 amide bonds. The van der Waals surface area contributed by atoms with Gasteiger partial charge in [-0.15, -0.1) is 0 Å². The summed E-state index contributed by atoms with van der Waals surface area (Å²) in [5, 5.41) is 1.27. The number of anilines is 1. The van der Waals surface area contributed by atoms with Crippen LogP contribution in [0.5, 0.6) is 0 Å². The molecule has 1 aliphatic rings. The molecule has 0 saturated heterocycles. The smallest absolute Gasteiger partial charge is 0.319 e. The summed E-state index contributed by atoms with van der Waals surface area (Å²) in [7, 11) is 0. The van der Waals surface area contributed by atoms with Crippen LogP contribution in [0.4, 0.5) is 5.69 Å². The fourth-order valence-electron chi connectivity index (χ4n) is 2.49. The van der Waals surface area contributed by atoms with Gasteiger partial charge >= 0.3 is 5.97 Å². The molecule has 1 heterocycles. The van der Waals surface area contributed by atoms with Crippen LogP contribution in [0.15, 0.2) is 71.4 Å². The van der Waals surface area contributed by atoms with E-state index < -0.39 is 5.25 Å². The van der Waals surface area contributed by atoms with E-state index in [9.17, 15) is 9.59 Å². The van der Waals surface area contributed by atoms with Gasteiger partial charge in [-0.1, -0.05) is 60.3 Å². The fourth-order valence-corrected chi connectivity index (χ4v) is 3.35. The number of para-hydroxylation sites is 1. The Bertz CT molecular complexity index is 898. The molecule has 144 valence electrons. The van der Waals surface area contributed by atoms with Crippen LogP contribution in [-0.2, 0) is 14.3 Å². The van der Waals surface area contributed by atoms with Gasteiger partial charge in [0.05, 0.1) is 12.3 Å². The normalized spacial score (nSPS) is 16.1. The molecule has 3 rings (SSSR count). The van der Waals surface area contributed by atoms with E-state index in [0.29, 0.717) is 17.5 Å². The summed E-state index contributed by atoms with van der Waals surface area (Å²) in [5.74, 6) is -0.630. The van der Waals surface area contributed by atoms with Crippen molar-refractivity contribution in [2.75, 3.05) is 12.0 Å². The zero-order valence-electron chi connectivity index (χ0n) is 15.7. The molecule has 0 radical (unpaired) electrons. The molecule has 0 spiro atoms. The van der Waals surface area contributed by atoms with Crippen molar-refractivity contribution in [3.63, 3.8) is 0 Å². The highest BCUT2D eigenvalue weighted by atomic mass is 32.2. The second-order valence-electron chi connectivity index (χ2n) is 5.97. The molecule has 1 unspecified atom stereocenters. The highest BCUT2D eigenvalue weighted by molar-refractivity contribution is 8.14. The Balaban J connectivity index is 1.87. The van der Waals surface area contributed by atoms with Crippen LogP contribution in [0.1, 0.15) is 19.4 Å². The molecule has 1 aliphatic heterocycles. The molecule has 7 heteroatoms. The molecule has 6 nitrogen and oxygen atoms in total. The lowest BCUT2D eigenvalue weighted by Crippen LogP contribution is -2.37. The minimum atomic E-state index is -0.498. The Labute approximate surface area is 168 Å². The largest absolute Gasteiger partial charge is 0.465 e. The summed E-state index contributed by atoms with van der Waals surface area (Å²) < 4.78 is 5.06. The van der Waals surface area contributed by atoms with Gasteiger partial charge in [0.15, 0.2) is 5.17 Å². The highest BCUT2D eigenvalue weighted by Gasteiger charge is 2.33. The Kier molecular flexibility index (Phi) is 6.49. The summed E-state index contributed by atoms with van der Waals surface area (Å²) in [6.07, 6.45) is 1.73. The molecule has 28 heavy (non-hydrogen) atoms. The summed E-state index contributed by atoms with van der Waals surface area (Å²) in [5.41, 5.74) is 4.99. The number of rotatable bonds is 6. The van der Waals surface area contributed by atoms with E-state index in [1.54, 1.807) is 19.9 Å². The first-order chi connectivity index (χ1) is 13.6. The Morgan fingerprint density at radius 1 is 1.18 bits per heavy atom. The molecule has 0 saturated carbocycles. The minimum absolute atomic E-state index is 0.286. The quantitative estimate of drug-likeness (QED) is 0.593. The van der Waals surface area contributed by atoms with Crippen molar-refractivity contribution >= 4 is 40.6 Å². The van der Waals surface area contributed by atoms with Crippen molar-refractivity contribution in [3.8, 4) is 0 Å². The predicted octanol–water partition coefficient (Wildman–Crippen LogP) is 3.94. The fraction of sp³-hybridized carbons (Fsp3) is 0.190. The molecule has 1 N–H and O–H groups in total. The van der Waals surface area contributed by atoms with Gasteiger partial charge in [0.1, 0.15) is 10.9 Å². The first kappa shape index (κ1) is 19.7. The standard InChI is InChI=1S/C21H21N3O3S/c1-3-27-20(26)15(2)28-21-22-18(14-16-10-6-4-7-11-16)19(25)24(21)23-17-12-8-5-9-13-17/h4-15,23H,3H2,1-2H3/b18-14-. The van der Waals surface area contributed by atoms with Gasteiger partial charge in [-0.3, -0.25) is 15.0 Å². The van der Waals surface area contributed by atoms with Crippen LogP contribution in [-0.4, -0.2) is 33.9 Å². The van der Waals surface area contributed by atoms with Crippen LogP contribution in [0.3, 0.4) is 0 Å². The molecule has 0 bridgehead atoms. The summed E-state index contributed by atoms with van der Waals surface area (Å²) in [6.45, 7) is 3.80. The van der Waals surface area contributed by atoms with E-state index >= 15 is 0 Å². The zero-order chi connectivity index (χ0) is 19.9.